The number of alkyl halides is 12. The lowest BCUT2D eigenvalue weighted by Crippen LogP contribution is -2.41. The van der Waals surface area contributed by atoms with Crippen molar-refractivity contribution in [3.8, 4) is 11.5 Å². The summed E-state index contributed by atoms with van der Waals surface area (Å²) in [6.07, 6.45) is -18.9. The van der Waals surface area contributed by atoms with E-state index in [1.54, 1.807) is 4.90 Å². The monoisotopic (exact) mass is 899 g/mol. The van der Waals surface area contributed by atoms with E-state index in [4.69, 9.17) is 28.4 Å². The van der Waals surface area contributed by atoms with Crippen LogP contribution in [0.25, 0.3) is 0 Å². The van der Waals surface area contributed by atoms with Gasteiger partial charge in [-0.1, -0.05) is 25.7 Å². The molecule has 1 unspecified atom stereocenters. The van der Waals surface area contributed by atoms with Crippen molar-refractivity contribution >= 4 is 17.9 Å². The summed E-state index contributed by atoms with van der Waals surface area (Å²) in [5.74, 6) is -3.40. The average molecular weight is 900 g/mol. The van der Waals surface area contributed by atoms with Crippen LogP contribution in [0.5, 0.6) is 11.5 Å². The van der Waals surface area contributed by atoms with Gasteiger partial charge in [0.2, 0.25) is 0 Å². The third-order valence-electron chi connectivity index (χ3n) is 8.87. The Bertz CT molecular complexity index is 1660. The maximum atomic E-state index is 13.3. The lowest BCUT2D eigenvalue weighted by Gasteiger charge is -2.25. The SMILES string of the molecule is O=C(CCCCCCOc1cc(C(F)(F)F)cc(C(F)(F)F)c1)OCC(COC(=O)CN1CCOCC1)OC(=O)CCCCCCOc1ccc(C(F)(F)F)cc1C(F)(F)F. The smallest absolute Gasteiger partial charge is 0.419 e. The summed E-state index contributed by atoms with van der Waals surface area (Å²) in [6, 6.07) is 2.01. The molecule has 0 N–H and O–H groups in total. The minimum absolute atomic E-state index is 0.00747. The molecule has 0 saturated carbocycles. The zero-order valence-corrected chi connectivity index (χ0v) is 32.6. The van der Waals surface area contributed by atoms with Gasteiger partial charge in [-0.3, -0.25) is 19.3 Å². The summed E-state index contributed by atoms with van der Waals surface area (Å²) < 4.78 is 188. The largest absolute Gasteiger partial charge is 0.494 e. The topological polar surface area (TPSA) is 110 Å². The van der Waals surface area contributed by atoms with Crippen molar-refractivity contribution in [3.63, 3.8) is 0 Å². The molecule has 3 rings (SSSR count). The van der Waals surface area contributed by atoms with Gasteiger partial charge in [-0.15, -0.1) is 0 Å². The van der Waals surface area contributed by atoms with Crippen LogP contribution in [0.4, 0.5) is 52.7 Å². The number of nitrogens with zero attached hydrogens (tertiary/aromatic N) is 1. The molecule has 2 aromatic rings. The van der Waals surface area contributed by atoms with E-state index in [1.807, 2.05) is 0 Å². The Hall–Kier alpha value is -4.47. The van der Waals surface area contributed by atoms with E-state index >= 15 is 0 Å². The molecule has 0 bridgehead atoms. The third-order valence-corrected chi connectivity index (χ3v) is 8.87. The minimum Gasteiger partial charge on any atom is -0.494 e. The number of hydrogen-bond acceptors (Lipinski definition) is 10. The second-order valence-electron chi connectivity index (χ2n) is 13.8. The van der Waals surface area contributed by atoms with Crippen molar-refractivity contribution in [1.82, 2.24) is 4.90 Å². The third kappa shape index (κ3) is 19.4. The number of carbonyl (C=O) groups excluding carboxylic acids is 3. The number of halogens is 12. The summed E-state index contributed by atoms with van der Waals surface area (Å²) in [5, 5.41) is 0. The Balaban J connectivity index is 1.39. The first kappa shape index (κ1) is 50.9. The zero-order valence-electron chi connectivity index (χ0n) is 32.6. The number of hydrogen-bond donors (Lipinski definition) is 0. The Morgan fingerprint density at radius 3 is 1.62 bits per heavy atom. The highest BCUT2D eigenvalue weighted by atomic mass is 19.4. The van der Waals surface area contributed by atoms with Gasteiger partial charge in [0.1, 0.15) is 24.7 Å². The molecule has 1 aliphatic rings. The molecule has 1 fully saturated rings. The van der Waals surface area contributed by atoms with Gasteiger partial charge in [0, 0.05) is 25.9 Å². The molecule has 0 radical (unpaired) electrons. The number of rotatable bonds is 23. The lowest BCUT2D eigenvalue weighted by atomic mass is 10.1. The maximum Gasteiger partial charge on any atom is 0.419 e. The van der Waals surface area contributed by atoms with Crippen molar-refractivity contribution in [3.05, 3.63) is 58.7 Å². The molecule has 1 aliphatic heterocycles. The summed E-state index contributed by atoms with van der Waals surface area (Å²) in [7, 11) is 0. The van der Waals surface area contributed by atoms with E-state index in [0.29, 0.717) is 82.7 Å². The van der Waals surface area contributed by atoms with Crippen LogP contribution in [-0.4, -0.2) is 88.2 Å². The van der Waals surface area contributed by atoms with E-state index in [9.17, 15) is 67.1 Å². The fourth-order valence-electron chi connectivity index (χ4n) is 5.68. The van der Waals surface area contributed by atoms with Gasteiger partial charge >= 0.3 is 42.6 Å². The van der Waals surface area contributed by atoms with Gasteiger partial charge in [-0.25, -0.2) is 0 Å². The number of ether oxygens (including phenoxy) is 6. The van der Waals surface area contributed by atoms with Crippen LogP contribution in [0.15, 0.2) is 36.4 Å². The molecule has 0 spiro atoms. The molecule has 1 heterocycles. The highest BCUT2D eigenvalue weighted by Gasteiger charge is 2.39. The molecule has 1 saturated heterocycles. The molecule has 0 aromatic heterocycles. The Kier molecular flexibility index (Phi) is 19.7. The van der Waals surface area contributed by atoms with E-state index < -0.39 is 95.7 Å². The van der Waals surface area contributed by atoms with Gasteiger partial charge in [0.25, 0.3) is 0 Å². The van der Waals surface area contributed by atoms with E-state index in [-0.39, 0.29) is 64.0 Å². The average Bonchev–Trinajstić information content (AvgIpc) is 3.17. The first-order valence-electron chi connectivity index (χ1n) is 19.2. The normalized spacial score (nSPS) is 14.6. The molecule has 1 atom stereocenters. The summed E-state index contributed by atoms with van der Waals surface area (Å²) in [4.78, 5) is 39.3. The Morgan fingerprint density at radius 1 is 0.574 bits per heavy atom. The fourth-order valence-corrected chi connectivity index (χ4v) is 5.68. The van der Waals surface area contributed by atoms with E-state index in [1.165, 1.54) is 0 Å². The van der Waals surface area contributed by atoms with E-state index in [2.05, 4.69) is 0 Å². The number of benzene rings is 2. The predicted octanol–water partition coefficient (Wildman–Crippen LogP) is 9.45. The quantitative estimate of drug-likeness (QED) is 0.0463. The number of morpholine rings is 1. The van der Waals surface area contributed by atoms with Crippen LogP contribution >= 0.6 is 0 Å². The molecule has 344 valence electrons. The number of esters is 3. The predicted molar refractivity (Wildman–Crippen MR) is 189 cm³/mol. The first-order chi connectivity index (χ1) is 28.5. The molecule has 0 amide bonds. The zero-order chi connectivity index (χ0) is 45.3. The molecule has 10 nitrogen and oxygen atoms in total. The molecule has 2 aromatic carbocycles. The first-order valence-corrected chi connectivity index (χ1v) is 19.2. The van der Waals surface area contributed by atoms with Gasteiger partial charge in [-0.2, -0.15) is 52.7 Å². The Morgan fingerprint density at radius 2 is 1.08 bits per heavy atom. The maximum absolute atomic E-state index is 13.3. The number of unbranched alkanes of at least 4 members (excludes halogenated alkanes) is 6. The second-order valence-corrected chi connectivity index (χ2v) is 13.8. The summed E-state index contributed by atoms with van der Waals surface area (Å²) in [6.45, 7) is 0.425. The van der Waals surface area contributed by atoms with Crippen molar-refractivity contribution < 1.29 is 95.5 Å². The molecule has 22 heteroatoms. The molecular formula is C39H45F12NO9. The molecular weight excluding hydrogens is 854 g/mol. The van der Waals surface area contributed by atoms with Gasteiger partial charge in [-0.05, 0) is 62.1 Å². The van der Waals surface area contributed by atoms with Crippen LogP contribution < -0.4 is 9.47 Å². The standard InChI is InChI=1S/C39H45F12NO9/c40-36(41,42)26-11-12-32(31(22-26)39(49,50)51)58-16-8-4-2-6-10-34(54)61-30(25-60-35(55)23-52-13-17-56-18-14-52)24-59-33(53)9-5-1-3-7-15-57-29-20-27(37(43,44)45)19-28(21-29)38(46,47)48/h11-12,19-22,30H,1-10,13-18,23-25H2. The van der Waals surface area contributed by atoms with Crippen molar-refractivity contribution in [1.29, 1.82) is 0 Å². The van der Waals surface area contributed by atoms with Crippen LogP contribution in [0.1, 0.15) is 86.5 Å². The van der Waals surface area contributed by atoms with Gasteiger partial charge in [0.15, 0.2) is 6.10 Å². The van der Waals surface area contributed by atoms with Crippen LogP contribution in [-0.2, 0) is 58.0 Å². The lowest BCUT2D eigenvalue weighted by molar-refractivity contribution is -0.167. The fraction of sp³-hybridized carbons (Fsp3) is 0.615. The van der Waals surface area contributed by atoms with Gasteiger partial charge in [0.05, 0.1) is 55.2 Å². The van der Waals surface area contributed by atoms with Crippen LogP contribution in [0.3, 0.4) is 0 Å². The van der Waals surface area contributed by atoms with Crippen molar-refractivity contribution in [2.45, 2.75) is 95.0 Å². The highest BCUT2D eigenvalue weighted by molar-refractivity contribution is 5.72. The Labute approximate surface area is 342 Å². The minimum atomic E-state index is -5.09. The highest BCUT2D eigenvalue weighted by Crippen LogP contribution is 2.41. The van der Waals surface area contributed by atoms with Crippen LogP contribution in [0.2, 0.25) is 0 Å². The summed E-state index contributed by atoms with van der Waals surface area (Å²) in [5.41, 5.74) is -6.04. The van der Waals surface area contributed by atoms with E-state index in [0.717, 1.165) is 0 Å². The summed E-state index contributed by atoms with van der Waals surface area (Å²) >= 11 is 0. The molecule has 61 heavy (non-hydrogen) atoms. The van der Waals surface area contributed by atoms with Crippen molar-refractivity contribution in [2.75, 3.05) is 59.3 Å². The second kappa shape index (κ2) is 23.7. The van der Waals surface area contributed by atoms with Gasteiger partial charge < -0.3 is 28.4 Å². The van der Waals surface area contributed by atoms with Crippen molar-refractivity contribution in [2.24, 2.45) is 0 Å². The van der Waals surface area contributed by atoms with Crippen LogP contribution in [0, 0.1) is 0 Å². The molecule has 0 aliphatic carbocycles. The number of carbonyl (C=O) groups is 3.